The molecule has 0 spiro atoms. The molecular formula is C14H17NO3. The number of rotatable bonds is 5. The summed E-state index contributed by atoms with van der Waals surface area (Å²) in [5, 5.41) is 11.2. The molecule has 1 saturated carbocycles. The number of carboxylic acid groups (broad SMARTS) is 1. The van der Waals surface area contributed by atoms with Crippen LogP contribution in [0.2, 0.25) is 0 Å². The van der Waals surface area contributed by atoms with Gasteiger partial charge in [0.25, 0.3) is 0 Å². The van der Waals surface area contributed by atoms with Gasteiger partial charge in [-0.15, -0.1) is 0 Å². The summed E-state index contributed by atoms with van der Waals surface area (Å²) in [4.78, 5) is 22.1. The van der Waals surface area contributed by atoms with Crippen molar-refractivity contribution in [3.05, 3.63) is 35.4 Å². The van der Waals surface area contributed by atoms with Gasteiger partial charge in [0, 0.05) is 12.5 Å². The summed E-state index contributed by atoms with van der Waals surface area (Å²) in [5.74, 6) is -0.595. The summed E-state index contributed by atoms with van der Waals surface area (Å²) in [6.07, 6.45) is 0.844. The molecule has 0 radical (unpaired) electrons. The van der Waals surface area contributed by atoms with Crippen LogP contribution in [0.1, 0.15) is 29.9 Å². The van der Waals surface area contributed by atoms with Gasteiger partial charge in [0.15, 0.2) is 0 Å². The van der Waals surface area contributed by atoms with Gasteiger partial charge < -0.3 is 10.4 Å². The molecule has 2 atom stereocenters. The van der Waals surface area contributed by atoms with Gasteiger partial charge in [-0.25, -0.2) is 0 Å². The maximum absolute atomic E-state index is 11.8. The van der Waals surface area contributed by atoms with Gasteiger partial charge in [-0.3, -0.25) is 9.59 Å². The van der Waals surface area contributed by atoms with Crippen molar-refractivity contribution in [2.45, 2.75) is 25.7 Å². The summed E-state index contributed by atoms with van der Waals surface area (Å²) in [6, 6.07) is 8.08. The molecule has 2 N–H and O–H groups in total. The monoisotopic (exact) mass is 247 g/mol. The van der Waals surface area contributed by atoms with E-state index in [2.05, 4.69) is 11.4 Å². The first-order chi connectivity index (χ1) is 8.59. The molecule has 0 saturated heterocycles. The van der Waals surface area contributed by atoms with Crippen LogP contribution in [-0.2, 0) is 9.59 Å². The number of carboxylic acids is 1. The molecule has 4 heteroatoms. The molecule has 0 aromatic heterocycles. The van der Waals surface area contributed by atoms with E-state index in [0.717, 1.165) is 6.42 Å². The average Bonchev–Trinajstić information content (AvgIpc) is 3.09. The van der Waals surface area contributed by atoms with Gasteiger partial charge in [0.05, 0.1) is 6.42 Å². The number of benzene rings is 1. The number of amides is 1. The van der Waals surface area contributed by atoms with E-state index in [1.54, 1.807) is 0 Å². The van der Waals surface area contributed by atoms with Crippen LogP contribution in [0.5, 0.6) is 0 Å². The van der Waals surface area contributed by atoms with Crippen molar-refractivity contribution in [3.63, 3.8) is 0 Å². The number of aryl methyl sites for hydroxylation is 1. The Morgan fingerprint density at radius 3 is 2.78 bits per heavy atom. The lowest BCUT2D eigenvalue weighted by Crippen LogP contribution is -2.27. The summed E-state index contributed by atoms with van der Waals surface area (Å²) >= 11 is 0. The van der Waals surface area contributed by atoms with Crippen LogP contribution >= 0.6 is 0 Å². The average molecular weight is 247 g/mol. The molecule has 2 rings (SSSR count). The van der Waals surface area contributed by atoms with Gasteiger partial charge in [-0.05, 0) is 30.4 Å². The Kier molecular flexibility index (Phi) is 3.65. The number of hydrogen-bond acceptors (Lipinski definition) is 2. The van der Waals surface area contributed by atoms with Gasteiger partial charge >= 0.3 is 5.97 Å². The van der Waals surface area contributed by atoms with Crippen LogP contribution in [0, 0.1) is 12.8 Å². The van der Waals surface area contributed by atoms with Crippen LogP contribution in [0.4, 0.5) is 0 Å². The molecular weight excluding hydrogens is 230 g/mol. The molecule has 96 valence electrons. The van der Waals surface area contributed by atoms with E-state index in [0.29, 0.717) is 5.92 Å². The fourth-order valence-corrected chi connectivity index (χ4v) is 2.26. The Hall–Kier alpha value is -1.84. The zero-order valence-electron chi connectivity index (χ0n) is 10.3. The highest BCUT2D eigenvalue weighted by molar-refractivity contribution is 5.83. The van der Waals surface area contributed by atoms with E-state index in [1.807, 2.05) is 25.1 Å². The van der Waals surface area contributed by atoms with Gasteiger partial charge in [-0.1, -0.05) is 24.3 Å². The molecule has 4 nitrogen and oxygen atoms in total. The Morgan fingerprint density at radius 1 is 1.39 bits per heavy atom. The van der Waals surface area contributed by atoms with Crippen molar-refractivity contribution in [1.29, 1.82) is 0 Å². The molecule has 0 bridgehead atoms. The number of aliphatic carboxylic acids is 1. The quantitative estimate of drug-likeness (QED) is 0.832. The van der Waals surface area contributed by atoms with Crippen molar-refractivity contribution < 1.29 is 14.7 Å². The van der Waals surface area contributed by atoms with Crippen LogP contribution < -0.4 is 5.32 Å². The Labute approximate surface area is 106 Å². The van der Waals surface area contributed by atoms with Crippen LogP contribution in [0.25, 0.3) is 0 Å². The van der Waals surface area contributed by atoms with E-state index >= 15 is 0 Å². The SMILES string of the molecule is Cc1ccccc1C1CC1C(=O)NCCC(=O)O. The van der Waals surface area contributed by atoms with E-state index in [-0.39, 0.29) is 24.8 Å². The minimum atomic E-state index is -0.887. The molecule has 1 aromatic rings. The lowest BCUT2D eigenvalue weighted by atomic mass is 10.0. The molecule has 18 heavy (non-hydrogen) atoms. The molecule has 0 aliphatic heterocycles. The Morgan fingerprint density at radius 2 is 2.11 bits per heavy atom. The fraction of sp³-hybridized carbons (Fsp3) is 0.429. The second-order valence-electron chi connectivity index (χ2n) is 4.74. The third kappa shape index (κ3) is 2.88. The van der Waals surface area contributed by atoms with Crippen molar-refractivity contribution in [1.82, 2.24) is 5.32 Å². The van der Waals surface area contributed by atoms with E-state index in [9.17, 15) is 9.59 Å². The molecule has 0 heterocycles. The third-order valence-corrected chi connectivity index (χ3v) is 3.35. The molecule has 1 aromatic carbocycles. The first-order valence-electron chi connectivity index (χ1n) is 6.14. The second kappa shape index (κ2) is 5.21. The minimum Gasteiger partial charge on any atom is -0.481 e. The van der Waals surface area contributed by atoms with Crippen LogP contribution in [-0.4, -0.2) is 23.5 Å². The topological polar surface area (TPSA) is 66.4 Å². The number of hydrogen-bond donors (Lipinski definition) is 2. The van der Waals surface area contributed by atoms with E-state index < -0.39 is 5.97 Å². The normalized spacial score (nSPS) is 21.4. The number of nitrogens with one attached hydrogen (secondary N) is 1. The number of carbonyl (C=O) groups is 2. The first kappa shape index (κ1) is 12.6. The fourth-order valence-electron chi connectivity index (χ4n) is 2.26. The first-order valence-corrected chi connectivity index (χ1v) is 6.14. The number of carbonyl (C=O) groups excluding carboxylic acids is 1. The summed E-state index contributed by atoms with van der Waals surface area (Å²) in [7, 11) is 0. The maximum atomic E-state index is 11.8. The highest BCUT2D eigenvalue weighted by atomic mass is 16.4. The summed E-state index contributed by atoms with van der Waals surface area (Å²) in [6.45, 7) is 2.26. The minimum absolute atomic E-state index is 0.0138. The molecule has 2 unspecified atom stereocenters. The lowest BCUT2D eigenvalue weighted by Gasteiger charge is -2.05. The third-order valence-electron chi connectivity index (χ3n) is 3.35. The predicted octanol–water partition coefficient (Wildman–Crippen LogP) is 1.69. The standard InChI is InChI=1S/C14H17NO3/c1-9-4-2-3-5-10(9)11-8-12(11)14(18)15-7-6-13(16)17/h2-5,11-12H,6-8H2,1H3,(H,15,18)(H,16,17). The Balaban J connectivity index is 1.86. The molecule has 1 amide bonds. The van der Waals surface area contributed by atoms with Crippen molar-refractivity contribution in [2.24, 2.45) is 5.92 Å². The van der Waals surface area contributed by atoms with Crippen molar-refractivity contribution >= 4 is 11.9 Å². The van der Waals surface area contributed by atoms with Crippen molar-refractivity contribution in [3.8, 4) is 0 Å². The zero-order chi connectivity index (χ0) is 13.1. The largest absolute Gasteiger partial charge is 0.481 e. The van der Waals surface area contributed by atoms with Gasteiger partial charge in [-0.2, -0.15) is 0 Å². The van der Waals surface area contributed by atoms with Crippen LogP contribution in [0.15, 0.2) is 24.3 Å². The van der Waals surface area contributed by atoms with Crippen molar-refractivity contribution in [2.75, 3.05) is 6.54 Å². The molecule has 1 aliphatic carbocycles. The second-order valence-corrected chi connectivity index (χ2v) is 4.74. The van der Waals surface area contributed by atoms with Gasteiger partial charge in [0.2, 0.25) is 5.91 Å². The molecule has 1 fully saturated rings. The highest BCUT2D eigenvalue weighted by Crippen LogP contribution is 2.48. The van der Waals surface area contributed by atoms with Crippen LogP contribution in [0.3, 0.4) is 0 Å². The summed E-state index contributed by atoms with van der Waals surface area (Å²) in [5.41, 5.74) is 2.44. The van der Waals surface area contributed by atoms with E-state index in [4.69, 9.17) is 5.11 Å². The zero-order valence-corrected chi connectivity index (χ0v) is 10.3. The highest BCUT2D eigenvalue weighted by Gasteiger charge is 2.44. The summed E-state index contributed by atoms with van der Waals surface area (Å²) < 4.78 is 0. The molecule has 1 aliphatic rings. The van der Waals surface area contributed by atoms with E-state index in [1.165, 1.54) is 11.1 Å². The smallest absolute Gasteiger partial charge is 0.305 e. The van der Waals surface area contributed by atoms with Gasteiger partial charge in [0.1, 0.15) is 0 Å². The Bertz CT molecular complexity index is 470. The maximum Gasteiger partial charge on any atom is 0.305 e. The predicted molar refractivity (Wildman–Crippen MR) is 67.3 cm³/mol. The lowest BCUT2D eigenvalue weighted by molar-refractivity contribution is -0.136.